The lowest BCUT2D eigenvalue weighted by Crippen LogP contribution is -2.18. The molecule has 6 nitrogen and oxygen atoms in total. The van der Waals surface area contributed by atoms with Crippen LogP contribution in [-0.4, -0.2) is 25.4 Å². The predicted molar refractivity (Wildman–Crippen MR) is 84.0 cm³/mol. The molecule has 2 aromatic carbocycles. The van der Waals surface area contributed by atoms with Crippen LogP contribution in [0.3, 0.4) is 0 Å². The van der Waals surface area contributed by atoms with Crippen LogP contribution in [0.25, 0.3) is 22.3 Å². The largest absolute Gasteiger partial charge is 0.306 e. The zero-order chi connectivity index (χ0) is 15.7. The number of para-hydroxylation sites is 1. The van der Waals surface area contributed by atoms with Crippen molar-refractivity contribution in [2.24, 2.45) is 0 Å². The highest BCUT2D eigenvalue weighted by molar-refractivity contribution is 7.89. The summed E-state index contributed by atoms with van der Waals surface area (Å²) < 4.78 is 25.6. The molecule has 0 aliphatic carbocycles. The Labute approximate surface area is 126 Å². The van der Waals surface area contributed by atoms with E-state index in [0.717, 1.165) is 0 Å². The topological polar surface area (TPSA) is 91.9 Å². The van der Waals surface area contributed by atoms with E-state index in [4.69, 9.17) is 0 Å². The summed E-state index contributed by atoms with van der Waals surface area (Å²) in [6.07, 6.45) is 0. The normalized spacial score (nSPS) is 11.7. The summed E-state index contributed by atoms with van der Waals surface area (Å²) in [5, 5.41) is 0.514. The maximum absolute atomic E-state index is 12.0. The van der Waals surface area contributed by atoms with Crippen LogP contribution in [0, 0.1) is 0 Å². The molecule has 0 saturated heterocycles. The highest BCUT2D eigenvalue weighted by Crippen LogP contribution is 2.18. The molecule has 3 aromatic rings. The molecule has 0 amide bonds. The first-order chi connectivity index (χ1) is 10.5. The number of rotatable bonds is 3. The number of sulfonamides is 1. The zero-order valence-corrected chi connectivity index (χ0v) is 12.5. The summed E-state index contributed by atoms with van der Waals surface area (Å²) in [6, 6.07) is 13.2. The van der Waals surface area contributed by atoms with Crippen LogP contribution in [0.5, 0.6) is 0 Å². The molecule has 7 heteroatoms. The Hall–Kier alpha value is -2.51. The highest BCUT2D eigenvalue weighted by Gasteiger charge is 2.12. The van der Waals surface area contributed by atoms with Crippen molar-refractivity contribution in [3.05, 3.63) is 58.9 Å². The van der Waals surface area contributed by atoms with Crippen molar-refractivity contribution in [3.63, 3.8) is 0 Å². The fourth-order valence-electron chi connectivity index (χ4n) is 2.13. The SMILES string of the molecule is CNS(=O)(=O)c1ccc(-c2nc3ccccc3c(=O)[nH]2)cc1. The summed E-state index contributed by atoms with van der Waals surface area (Å²) in [4.78, 5) is 19.3. The highest BCUT2D eigenvalue weighted by atomic mass is 32.2. The summed E-state index contributed by atoms with van der Waals surface area (Å²) in [5.41, 5.74) is 0.999. The van der Waals surface area contributed by atoms with Crippen LogP contribution >= 0.6 is 0 Å². The van der Waals surface area contributed by atoms with Crippen LogP contribution in [0.4, 0.5) is 0 Å². The molecule has 1 heterocycles. The molecule has 1 aromatic heterocycles. The number of nitrogens with one attached hydrogen (secondary N) is 2. The Morgan fingerprint density at radius 1 is 1.05 bits per heavy atom. The molecule has 112 valence electrons. The number of benzene rings is 2. The van der Waals surface area contributed by atoms with Crippen molar-refractivity contribution in [1.82, 2.24) is 14.7 Å². The van der Waals surface area contributed by atoms with E-state index in [-0.39, 0.29) is 10.5 Å². The quantitative estimate of drug-likeness (QED) is 0.766. The van der Waals surface area contributed by atoms with Gasteiger partial charge in [0.15, 0.2) is 0 Å². The smallest absolute Gasteiger partial charge is 0.259 e. The molecule has 22 heavy (non-hydrogen) atoms. The van der Waals surface area contributed by atoms with Crippen LogP contribution in [0.15, 0.2) is 58.2 Å². The maximum atomic E-state index is 12.0. The van der Waals surface area contributed by atoms with Gasteiger partial charge in [0.05, 0.1) is 15.8 Å². The van der Waals surface area contributed by atoms with Gasteiger partial charge in [0.2, 0.25) is 10.0 Å². The molecule has 0 aliphatic rings. The second-order valence-electron chi connectivity index (χ2n) is 4.66. The van der Waals surface area contributed by atoms with Gasteiger partial charge >= 0.3 is 0 Å². The Bertz CT molecular complexity index is 992. The monoisotopic (exact) mass is 315 g/mol. The third-order valence-electron chi connectivity index (χ3n) is 3.32. The van der Waals surface area contributed by atoms with Gasteiger partial charge in [-0.05, 0) is 43.4 Å². The van der Waals surface area contributed by atoms with Gasteiger partial charge in [-0.15, -0.1) is 0 Å². The van der Waals surface area contributed by atoms with Gasteiger partial charge in [0, 0.05) is 5.56 Å². The third kappa shape index (κ3) is 2.51. The molecule has 0 atom stereocenters. The van der Waals surface area contributed by atoms with Crippen LogP contribution in [0.1, 0.15) is 0 Å². The number of aromatic nitrogens is 2. The lowest BCUT2D eigenvalue weighted by Gasteiger charge is -2.05. The van der Waals surface area contributed by atoms with Crippen molar-refractivity contribution in [3.8, 4) is 11.4 Å². The molecule has 0 spiro atoms. The van der Waals surface area contributed by atoms with E-state index >= 15 is 0 Å². The Morgan fingerprint density at radius 3 is 2.41 bits per heavy atom. The summed E-state index contributed by atoms with van der Waals surface area (Å²) in [5.74, 6) is 0.400. The van der Waals surface area contributed by atoms with Crippen molar-refractivity contribution in [1.29, 1.82) is 0 Å². The Morgan fingerprint density at radius 2 is 1.73 bits per heavy atom. The second kappa shape index (κ2) is 5.36. The minimum atomic E-state index is -3.48. The number of hydrogen-bond donors (Lipinski definition) is 2. The molecule has 0 unspecified atom stereocenters. The molecular weight excluding hydrogens is 302 g/mol. The standard InChI is InChI=1S/C15H13N3O3S/c1-16-22(20,21)11-8-6-10(7-9-11)14-17-13-5-3-2-4-12(13)15(19)18-14/h2-9,16H,1H3,(H,17,18,19). The van der Waals surface area contributed by atoms with Gasteiger partial charge in [-0.25, -0.2) is 18.1 Å². The average molecular weight is 315 g/mol. The number of nitrogens with zero attached hydrogens (tertiary/aromatic N) is 1. The first-order valence-electron chi connectivity index (χ1n) is 6.54. The minimum absolute atomic E-state index is 0.155. The molecule has 0 saturated carbocycles. The molecule has 0 bridgehead atoms. The minimum Gasteiger partial charge on any atom is -0.306 e. The third-order valence-corrected chi connectivity index (χ3v) is 4.75. The van der Waals surface area contributed by atoms with E-state index in [0.29, 0.717) is 22.3 Å². The van der Waals surface area contributed by atoms with Gasteiger partial charge in [-0.2, -0.15) is 0 Å². The second-order valence-corrected chi connectivity index (χ2v) is 6.55. The van der Waals surface area contributed by atoms with Crippen LogP contribution < -0.4 is 10.3 Å². The van der Waals surface area contributed by atoms with E-state index in [1.54, 1.807) is 36.4 Å². The summed E-state index contributed by atoms with van der Waals surface area (Å²) in [7, 11) is -2.13. The number of fused-ring (bicyclic) bond motifs is 1. The molecule has 0 aliphatic heterocycles. The lowest BCUT2D eigenvalue weighted by atomic mass is 10.2. The van der Waals surface area contributed by atoms with Crippen LogP contribution in [0.2, 0.25) is 0 Å². The average Bonchev–Trinajstić information content (AvgIpc) is 2.55. The maximum Gasteiger partial charge on any atom is 0.259 e. The van der Waals surface area contributed by atoms with Crippen molar-refractivity contribution < 1.29 is 8.42 Å². The van der Waals surface area contributed by atoms with E-state index in [9.17, 15) is 13.2 Å². The summed E-state index contributed by atoms with van der Waals surface area (Å²) in [6.45, 7) is 0. The fourth-order valence-corrected chi connectivity index (χ4v) is 2.86. The van der Waals surface area contributed by atoms with Crippen LogP contribution in [-0.2, 0) is 10.0 Å². The van der Waals surface area contributed by atoms with Crippen molar-refractivity contribution in [2.45, 2.75) is 4.90 Å². The predicted octanol–water partition coefficient (Wildman–Crippen LogP) is 1.50. The Balaban J connectivity index is 2.10. The van der Waals surface area contributed by atoms with Crippen molar-refractivity contribution >= 4 is 20.9 Å². The van der Waals surface area contributed by atoms with Gasteiger partial charge in [-0.1, -0.05) is 12.1 Å². The first kappa shape index (κ1) is 14.4. The summed E-state index contributed by atoms with van der Waals surface area (Å²) >= 11 is 0. The van der Waals surface area contributed by atoms with E-state index < -0.39 is 10.0 Å². The molecule has 3 rings (SSSR count). The van der Waals surface area contributed by atoms with Gasteiger partial charge in [0.1, 0.15) is 5.82 Å². The molecule has 0 radical (unpaired) electrons. The number of aromatic amines is 1. The van der Waals surface area contributed by atoms with E-state index in [1.807, 2.05) is 0 Å². The zero-order valence-electron chi connectivity index (χ0n) is 11.7. The van der Waals surface area contributed by atoms with Gasteiger partial charge < -0.3 is 4.98 Å². The van der Waals surface area contributed by atoms with Gasteiger partial charge in [0.25, 0.3) is 5.56 Å². The molecule has 0 fully saturated rings. The first-order valence-corrected chi connectivity index (χ1v) is 8.02. The number of hydrogen-bond acceptors (Lipinski definition) is 4. The fraction of sp³-hybridized carbons (Fsp3) is 0.0667. The lowest BCUT2D eigenvalue weighted by molar-refractivity contribution is 0.588. The number of H-pyrrole nitrogens is 1. The molecule has 2 N–H and O–H groups in total. The van der Waals surface area contributed by atoms with Crippen molar-refractivity contribution in [2.75, 3.05) is 7.05 Å². The molecular formula is C15H13N3O3S. The Kier molecular flexibility index (Phi) is 3.51. The van der Waals surface area contributed by atoms with E-state index in [1.165, 1.54) is 19.2 Å². The van der Waals surface area contributed by atoms with Gasteiger partial charge in [-0.3, -0.25) is 4.79 Å². The van der Waals surface area contributed by atoms with E-state index in [2.05, 4.69) is 14.7 Å².